The van der Waals surface area contributed by atoms with Crippen LogP contribution in [0.5, 0.6) is 0 Å². The number of hydrogen-bond donors (Lipinski definition) is 1. The van der Waals surface area contributed by atoms with Crippen molar-refractivity contribution in [3.63, 3.8) is 0 Å². The first-order valence-electron chi connectivity index (χ1n) is 7.61. The standard InChI is InChI=1S/C15H21N3O/c1-2-6-19-11(3-1)7-14-17-13-9-16-8-12(13)15(18-14)10-4-5-10/h10-11,16H,1-9H2. The molecular formula is C15H21N3O. The van der Waals surface area contributed by atoms with E-state index in [1.807, 2.05) is 0 Å². The lowest BCUT2D eigenvalue weighted by molar-refractivity contribution is 0.0156. The number of hydrogen-bond acceptors (Lipinski definition) is 4. The van der Waals surface area contributed by atoms with Gasteiger partial charge in [-0.25, -0.2) is 9.97 Å². The second-order valence-electron chi connectivity index (χ2n) is 6.02. The van der Waals surface area contributed by atoms with Gasteiger partial charge in [-0.05, 0) is 32.1 Å². The lowest BCUT2D eigenvalue weighted by atomic mass is 10.0. The van der Waals surface area contributed by atoms with Crippen molar-refractivity contribution in [1.82, 2.24) is 15.3 Å². The Morgan fingerprint density at radius 1 is 1.11 bits per heavy atom. The first kappa shape index (κ1) is 11.8. The highest BCUT2D eigenvalue weighted by atomic mass is 16.5. The van der Waals surface area contributed by atoms with Gasteiger partial charge in [0, 0.05) is 37.6 Å². The topological polar surface area (TPSA) is 47.0 Å². The highest BCUT2D eigenvalue weighted by Gasteiger charge is 2.31. The third kappa shape index (κ3) is 2.39. The molecule has 4 rings (SSSR count). The average Bonchev–Trinajstić information content (AvgIpc) is 3.17. The maximum absolute atomic E-state index is 5.82. The molecule has 1 atom stereocenters. The first-order valence-corrected chi connectivity index (χ1v) is 7.61. The van der Waals surface area contributed by atoms with Gasteiger partial charge >= 0.3 is 0 Å². The number of ether oxygens (including phenoxy) is 1. The second kappa shape index (κ2) is 4.84. The fourth-order valence-corrected chi connectivity index (χ4v) is 3.21. The molecule has 0 spiro atoms. The van der Waals surface area contributed by atoms with E-state index in [1.165, 1.54) is 42.6 Å². The first-order chi connectivity index (χ1) is 9.40. The summed E-state index contributed by atoms with van der Waals surface area (Å²) in [6.45, 7) is 2.78. The van der Waals surface area contributed by atoms with Crippen molar-refractivity contribution >= 4 is 0 Å². The van der Waals surface area contributed by atoms with Gasteiger partial charge in [0.2, 0.25) is 0 Å². The fraction of sp³-hybridized carbons (Fsp3) is 0.733. The molecule has 0 bridgehead atoms. The molecule has 4 heteroatoms. The Morgan fingerprint density at radius 3 is 2.84 bits per heavy atom. The van der Waals surface area contributed by atoms with Crippen LogP contribution in [0.1, 0.15) is 60.8 Å². The van der Waals surface area contributed by atoms with Gasteiger partial charge in [0.05, 0.1) is 17.5 Å². The van der Waals surface area contributed by atoms with Crippen LogP contribution in [0.3, 0.4) is 0 Å². The Bertz CT molecular complexity index is 479. The van der Waals surface area contributed by atoms with Crippen molar-refractivity contribution in [3.05, 3.63) is 22.8 Å². The predicted octanol–water partition coefficient (Wildman–Crippen LogP) is 2.07. The Hall–Kier alpha value is -1.00. The summed E-state index contributed by atoms with van der Waals surface area (Å²) < 4.78 is 5.82. The zero-order valence-electron chi connectivity index (χ0n) is 11.3. The average molecular weight is 259 g/mol. The molecular weight excluding hydrogens is 238 g/mol. The van der Waals surface area contributed by atoms with E-state index in [9.17, 15) is 0 Å². The van der Waals surface area contributed by atoms with Crippen molar-refractivity contribution in [1.29, 1.82) is 0 Å². The van der Waals surface area contributed by atoms with Crippen LogP contribution in [-0.2, 0) is 24.2 Å². The molecule has 2 fully saturated rings. The quantitative estimate of drug-likeness (QED) is 0.902. The third-order valence-corrected chi connectivity index (χ3v) is 4.41. The zero-order valence-corrected chi connectivity index (χ0v) is 11.3. The van der Waals surface area contributed by atoms with E-state index in [0.29, 0.717) is 12.0 Å². The highest BCUT2D eigenvalue weighted by molar-refractivity contribution is 5.33. The molecule has 1 aliphatic carbocycles. The number of fused-ring (bicyclic) bond motifs is 1. The molecule has 0 amide bonds. The minimum Gasteiger partial charge on any atom is -0.378 e. The third-order valence-electron chi connectivity index (χ3n) is 4.41. The molecule has 1 aromatic heterocycles. The molecule has 2 aliphatic heterocycles. The predicted molar refractivity (Wildman–Crippen MR) is 71.8 cm³/mol. The molecule has 3 heterocycles. The van der Waals surface area contributed by atoms with Gasteiger partial charge < -0.3 is 10.1 Å². The number of aromatic nitrogens is 2. The van der Waals surface area contributed by atoms with E-state index >= 15 is 0 Å². The smallest absolute Gasteiger partial charge is 0.131 e. The molecule has 1 unspecified atom stereocenters. The minimum absolute atomic E-state index is 0.341. The van der Waals surface area contributed by atoms with Crippen LogP contribution in [0.2, 0.25) is 0 Å². The molecule has 0 radical (unpaired) electrons. The molecule has 102 valence electrons. The number of nitrogens with zero attached hydrogens (tertiary/aromatic N) is 2. The summed E-state index contributed by atoms with van der Waals surface area (Å²) in [5, 5.41) is 3.41. The summed E-state index contributed by atoms with van der Waals surface area (Å²) in [6, 6.07) is 0. The SMILES string of the molecule is C1CCC(Cc2nc3c(c(C4CC4)n2)CNC3)OC1. The normalized spacial score (nSPS) is 26.4. The summed E-state index contributed by atoms with van der Waals surface area (Å²) in [5.41, 5.74) is 3.96. The Labute approximate surface area is 114 Å². The van der Waals surface area contributed by atoms with E-state index < -0.39 is 0 Å². The molecule has 1 N–H and O–H groups in total. The number of rotatable bonds is 3. The largest absolute Gasteiger partial charge is 0.378 e. The van der Waals surface area contributed by atoms with Crippen molar-refractivity contribution in [2.75, 3.05) is 6.61 Å². The van der Waals surface area contributed by atoms with E-state index in [1.54, 1.807) is 0 Å². The van der Waals surface area contributed by atoms with Crippen LogP contribution < -0.4 is 5.32 Å². The minimum atomic E-state index is 0.341. The van der Waals surface area contributed by atoms with Gasteiger partial charge in [-0.1, -0.05) is 0 Å². The number of nitrogens with one attached hydrogen (secondary N) is 1. The maximum atomic E-state index is 5.82. The molecule has 1 saturated heterocycles. The molecule has 19 heavy (non-hydrogen) atoms. The van der Waals surface area contributed by atoms with E-state index in [0.717, 1.165) is 38.4 Å². The van der Waals surface area contributed by atoms with E-state index in [2.05, 4.69) is 5.32 Å². The summed E-state index contributed by atoms with van der Waals surface area (Å²) in [5.74, 6) is 1.72. The molecule has 1 saturated carbocycles. The summed E-state index contributed by atoms with van der Waals surface area (Å²) in [7, 11) is 0. The lowest BCUT2D eigenvalue weighted by Gasteiger charge is -2.22. The monoisotopic (exact) mass is 259 g/mol. The van der Waals surface area contributed by atoms with E-state index in [4.69, 9.17) is 14.7 Å². The molecule has 4 nitrogen and oxygen atoms in total. The van der Waals surface area contributed by atoms with Crippen molar-refractivity contribution in [2.24, 2.45) is 0 Å². The van der Waals surface area contributed by atoms with E-state index in [-0.39, 0.29) is 0 Å². The highest BCUT2D eigenvalue weighted by Crippen LogP contribution is 2.41. The van der Waals surface area contributed by atoms with Gasteiger partial charge in [0.25, 0.3) is 0 Å². The fourth-order valence-electron chi connectivity index (χ4n) is 3.21. The van der Waals surface area contributed by atoms with Crippen LogP contribution in [0.4, 0.5) is 0 Å². The maximum Gasteiger partial charge on any atom is 0.131 e. The van der Waals surface area contributed by atoms with Crippen molar-refractivity contribution in [2.45, 2.75) is 63.6 Å². The van der Waals surface area contributed by atoms with Crippen molar-refractivity contribution < 1.29 is 4.74 Å². The second-order valence-corrected chi connectivity index (χ2v) is 6.02. The van der Waals surface area contributed by atoms with Crippen LogP contribution >= 0.6 is 0 Å². The van der Waals surface area contributed by atoms with Gasteiger partial charge in [-0.15, -0.1) is 0 Å². The summed E-state index contributed by atoms with van der Waals surface area (Å²) >= 11 is 0. The van der Waals surface area contributed by atoms with Crippen LogP contribution in [0, 0.1) is 0 Å². The lowest BCUT2D eigenvalue weighted by Crippen LogP contribution is -2.23. The Balaban J connectivity index is 1.59. The zero-order chi connectivity index (χ0) is 12.7. The summed E-state index contributed by atoms with van der Waals surface area (Å²) in [4.78, 5) is 9.63. The van der Waals surface area contributed by atoms with Gasteiger partial charge in [0.15, 0.2) is 0 Å². The molecule has 3 aliphatic rings. The summed E-state index contributed by atoms with van der Waals surface area (Å²) in [6.07, 6.45) is 7.51. The Morgan fingerprint density at radius 2 is 2.05 bits per heavy atom. The van der Waals surface area contributed by atoms with Crippen LogP contribution in [0.25, 0.3) is 0 Å². The van der Waals surface area contributed by atoms with Gasteiger partial charge in [0.1, 0.15) is 5.82 Å². The van der Waals surface area contributed by atoms with Gasteiger partial charge in [-0.2, -0.15) is 0 Å². The van der Waals surface area contributed by atoms with Crippen LogP contribution in [-0.4, -0.2) is 22.7 Å². The molecule has 0 aromatic carbocycles. The van der Waals surface area contributed by atoms with Crippen LogP contribution in [0.15, 0.2) is 0 Å². The molecule has 1 aromatic rings. The Kier molecular flexibility index (Phi) is 3.00. The van der Waals surface area contributed by atoms with Crippen molar-refractivity contribution in [3.8, 4) is 0 Å². The van der Waals surface area contributed by atoms with Gasteiger partial charge in [-0.3, -0.25) is 0 Å².